The first-order valence-corrected chi connectivity index (χ1v) is 23.6. The minimum atomic E-state index is -1.75. The minimum absolute atomic E-state index is 0.157. The molecular weight excluding hydrogens is 812 g/mol. The fourth-order valence-electron chi connectivity index (χ4n) is 14.6. The van der Waals surface area contributed by atoms with Gasteiger partial charge in [-0.25, -0.2) is 0 Å². The third-order valence-electron chi connectivity index (χ3n) is 18.2. The van der Waals surface area contributed by atoms with E-state index in [2.05, 4.69) is 27.7 Å². The first kappa shape index (κ1) is 46.4. The number of aliphatic hydroxyl groups excluding tert-OH is 9. The predicted molar refractivity (Wildman–Crippen MR) is 214 cm³/mol. The summed E-state index contributed by atoms with van der Waals surface area (Å²) in [5.41, 5.74) is 0.000556. The molecule has 0 bridgehead atoms. The smallest absolute Gasteiger partial charge is 0.187 e. The van der Waals surface area contributed by atoms with E-state index in [0.29, 0.717) is 48.3 Å². The zero-order valence-electron chi connectivity index (χ0n) is 37.0. The van der Waals surface area contributed by atoms with Gasteiger partial charge in [-0.2, -0.15) is 0 Å². The molecule has 4 saturated carbocycles. The first-order chi connectivity index (χ1) is 29.3. The van der Waals surface area contributed by atoms with E-state index >= 15 is 0 Å². The highest BCUT2D eigenvalue weighted by molar-refractivity contribution is 5.16. The summed E-state index contributed by atoms with van der Waals surface area (Å²) in [5.74, 6) is 2.55. The van der Waals surface area contributed by atoms with E-state index in [1.54, 1.807) is 0 Å². The van der Waals surface area contributed by atoms with Gasteiger partial charge in [0.25, 0.3) is 0 Å². The van der Waals surface area contributed by atoms with E-state index in [4.69, 9.17) is 37.9 Å². The Labute approximate surface area is 364 Å². The summed E-state index contributed by atoms with van der Waals surface area (Å²) in [7, 11) is 0. The van der Waals surface area contributed by atoms with Gasteiger partial charge in [0.05, 0.1) is 43.7 Å². The number of fused-ring (bicyclic) bond motifs is 7. The molecule has 4 aliphatic carbocycles. The van der Waals surface area contributed by atoms with E-state index in [-0.39, 0.29) is 22.9 Å². The fraction of sp³-hybridized carbons (Fsp3) is 1.00. The predicted octanol–water partition coefficient (Wildman–Crippen LogP) is 0.292. The van der Waals surface area contributed by atoms with Crippen molar-refractivity contribution in [2.45, 2.75) is 216 Å². The minimum Gasteiger partial charge on any atom is -0.394 e. The Kier molecular flexibility index (Phi) is 12.8. The molecule has 9 N–H and O–H groups in total. The number of aliphatic hydroxyl groups is 9. The average molecular weight is 887 g/mol. The molecule has 0 unspecified atom stereocenters. The van der Waals surface area contributed by atoms with Crippen LogP contribution in [0.25, 0.3) is 0 Å². The highest BCUT2D eigenvalue weighted by atomic mass is 16.8. The molecule has 0 aromatic rings. The standard InChI is InChI=1S/C45H74O17/c1-18-9-12-45(55-17-18)19(2)30-28(62-45)14-25-23-8-7-22-13-27(26(47)15-44(22,6)24(23)10-11-43(25,30)5)58-42-39(61-41-36(53)34(51)32(49)21(4)57-41)37(54)38(29(16-46)59-42)60-40-35(52)33(50)31(48)20(3)56-40/h18-42,46-54H,7-17H2,1-6H3/t18-,19-,20-,21-,22-,23+,24-,25-,26-,27-,28-,29-,30-,31-,32-,33+,34+,35-,36-,37+,38-,39-,40+,41+,42-,43+,44+,45-/m0/s1. The molecule has 9 fully saturated rings. The van der Waals surface area contributed by atoms with Crippen LogP contribution in [-0.2, 0) is 37.9 Å². The third-order valence-corrected chi connectivity index (χ3v) is 18.2. The van der Waals surface area contributed by atoms with Crippen LogP contribution in [0.3, 0.4) is 0 Å². The number of rotatable bonds is 7. The lowest BCUT2D eigenvalue weighted by Crippen LogP contribution is -2.67. The normalized spacial score (nSPS) is 60.1. The van der Waals surface area contributed by atoms with Gasteiger partial charge in [0.15, 0.2) is 24.7 Å². The molecular formula is C45H74O17. The van der Waals surface area contributed by atoms with E-state index in [0.717, 1.165) is 51.6 Å². The number of ether oxygens (including phenoxy) is 8. The van der Waals surface area contributed by atoms with Crippen LogP contribution in [0.5, 0.6) is 0 Å². The summed E-state index contributed by atoms with van der Waals surface area (Å²) < 4.78 is 49.9. The van der Waals surface area contributed by atoms with Gasteiger partial charge in [0, 0.05) is 12.3 Å². The molecule has 0 radical (unpaired) electrons. The molecule has 5 saturated heterocycles. The number of hydrogen-bond donors (Lipinski definition) is 9. The topological polar surface area (TPSA) is 256 Å². The van der Waals surface area contributed by atoms with Crippen LogP contribution in [0.2, 0.25) is 0 Å². The Hall–Kier alpha value is -0.680. The highest BCUT2D eigenvalue weighted by Crippen LogP contribution is 2.71. The molecule has 9 rings (SSSR count). The Morgan fingerprint density at radius 1 is 0.613 bits per heavy atom. The zero-order valence-corrected chi connectivity index (χ0v) is 37.0. The van der Waals surface area contributed by atoms with E-state index in [1.807, 2.05) is 0 Å². The summed E-state index contributed by atoms with van der Waals surface area (Å²) in [6, 6.07) is 0. The number of hydrogen-bond acceptors (Lipinski definition) is 17. The van der Waals surface area contributed by atoms with Crippen molar-refractivity contribution in [3.63, 3.8) is 0 Å². The fourth-order valence-corrected chi connectivity index (χ4v) is 14.6. The lowest BCUT2D eigenvalue weighted by molar-refractivity contribution is -0.391. The van der Waals surface area contributed by atoms with Crippen molar-refractivity contribution in [2.24, 2.45) is 52.3 Å². The summed E-state index contributed by atoms with van der Waals surface area (Å²) in [5, 5.41) is 98.0. The second-order valence-electron chi connectivity index (χ2n) is 21.6. The molecule has 28 atom stereocenters. The average Bonchev–Trinajstić information content (AvgIpc) is 3.69. The Balaban J connectivity index is 0.915. The zero-order chi connectivity index (χ0) is 44.4. The van der Waals surface area contributed by atoms with Gasteiger partial charge in [-0.1, -0.05) is 27.7 Å². The Morgan fingerprint density at radius 3 is 1.87 bits per heavy atom. The van der Waals surface area contributed by atoms with Crippen molar-refractivity contribution in [3.05, 3.63) is 0 Å². The summed E-state index contributed by atoms with van der Waals surface area (Å²) >= 11 is 0. The van der Waals surface area contributed by atoms with Crippen molar-refractivity contribution in [1.29, 1.82) is 0 Å². The van der Waals surface area contributed by atoms with Crippen LogP contribution in [0.15, 0.2) is 0 Å². The van der Waals surface area contributed by atoms with E-state index in [9.17, 15) is 46.0 Å². The van der Waals surface area contributed by atoms with Gasteiger partial charge in [-0.15, -0.1) is 0 Å². The van der Waals surface area contributed by atoms with Crippen molar-refractivity contribution >= 4 is 0 Å². The largest absolute Gasteiger partial charge is 0.394 e. The van der Waals surface area contributed by atoms with Gasteiger partial charge in [0.1, 0.15) is 61.0 Å². The molecule has 9 aliphatic rings. The molecule has 17 heteroatoms. The summed E-state index contributed by atoms with van der Waals surface area (Å²) in [6.07, 6.45) is -15.4. The van der Waals surface area contributed by atoms with Crippen LogP contribution in [0.4, 0.5) is 0 Å². The van der Waals surface area contributed by atoms with Gasteiger partial charge in [-0.3, -0.25) is 0 Å². The van der Waals surface area contributed by atoms with Crippen molar-refractivity contribution in [2.75, 3.05) is 13.2 Å². The second kappa shape index (κ2) is 17.1. The maximum Gasteiger partial charge on any atom is 0.187 e. The summed E-state index contributed by atoms with van der Waals surface area (Å²) in [4.78, 5) is 0. The first-order valence-electron chi connectivity index (χ1n) is 23.6. The van der Waals surface area contributed by atoms with Crippen LogP contribution in [-0.4, -0.2) is 175 Å². The Bertz CT molecular complexity index is 1570. The molecule has 5 aliphatic heterocycles. The maximum atomic E-state index is 12.1. The van der Waals surface area contributed by atoms with Crippen molar-refractivity contribution in [1.82, 2.24) is 0 Å². The highest BCUT2D eigenvalue weighted by Gasteiger charge is 2.69. The van der Waals surface area contributed by atoms with E-state index < -0.39 is 117 Å². The van der Waals surface area contributed by atoms with Crippen LogP contribution in [0.1, 0.15) is 99.3 Å². The monoisotopic (exact) mass is 886 g/mol. The molecule has 62 heavy (non-hydrogen) atoms. The molecule has 0 aromatic carbocycles. The lowest BCUT2D eigenvalue weighted by Gasteiger charge is -2.62. The molecule has 1 spiro atoms. The van der Waals surface area contributed by atoms with E-state index in [1.165, 1.54) is 13.8 Å². The van der Waals surface area contributed by atoms with Gasteiger partial charge in [-0.05, 0) is 112 Å². The SMILES string of the molecule is C[C@H]1CC[C@]2(OC1)O[C@H]1C[C@H]3[C@@H]4CC[C@H]5C[C@H](O[C@H]6O[C@@H](CO)[C@H](O[C@H]7O[C@@H](C)[C@H](O)[C@@H](O)[C@@H]7O)[C@@H](O)[C@@H]6O[C@H]6O[C@@H](C)[C@H](O)[C@@H](O)[C@@H]6O)[C@@H](O)C[C@@]5(C)[C@H]4CC[C@@]3(C)[C@H]1[C@@H]2C. The molecule has 17 nitrogen and oxygen atoms in total. The molecule has 5 heterocycles. The molecule has 0 aromatic heterocycles. The molecule has 0 amide bonds. The van der Waals surface area contributed by atoms with Gasteiger partial charge >= 0.3 is 0 Å². The molecule has 356 valence electrons. The van der Waals surface area contributed by atoms with Crippen LogP contribution < -0.4 is 0 Å². The van der Waals surface area contributed by atoms with Gasteiger partial charge in [0.2, 0.25) is 0 Å². The quantitative estimate of drug-likeness (QED) is 0.156. The van der Waals surface area contributed by atoms with Crippen LogP contribution >= 0.6 is 0 Å². The van der Waals surface area contributed by atoms with Crippen molar-refractivity contribution < 1.29 is 83.9 Å². The Morgan fingerprint density at radius 2 is 1.26 bits per heavy atom. The second-order valence-corrected chi connectivity index (χ2v) is 21.6. The maximum absolute atomic E-state index is 12.1. The van der Waals surface area contributed by atoms with Gasteiger partial charge < -0.3 is 83.9 Å². The van der Waals surface area contributed by atoms with Crippen molar-refractivity contribution in [3.8, 4) is 0 Å². The lowest BCUT2D eigenvalue weighted by atomic mass is 9.44. The third kappa shape index (κ3) is 7.47. The van der Waals surface area contributed by atoms with Crippen LogP contribution in [0, 0.1) is 52.3 Å². The summed E-state index contributed by atoms with van der Waals surface area (Å²) in [6.45, 7) is 12.5.